The van der Waals surface area contributed by atoms with E-state index in [1.54, 1.807) is 24.3 Å². The lowest BCUT2D eigenvalue weighted by atomic mass is 9.72. The summed E-state index contributed by atoms with van der Waals surface area (Å²) in [5.74, 6) is 2.56. The number of hydrogen-bond acceptors (Lipinski definition) is 7. The van der Waals surface area contributed by atoms with Gasteiger partial charge in [-0.1, -0.05) is 49.4 Å². The molecule has 1 aliphatic carbocycles. The Morgan fingerprint density at radius 2 is 1.53 bits per heavy atom. The molecular weight excluding hydrogens is 484 g/mol. The molecule has 196 valence electrons. The second-order valence-electron chi connectivity index (χ2n) is 9.97. The molecule has 7 heteroatoms. The van der Waals surface area contributed by atoms with E-state index in [4.69, 9.17) is 18.9 Å². The maximum absolute atomic E-state index is 10.8. The van der Waals surface area contributed by atoms with Gasteiger partial charge in [-0.25, -0.2) is 0 Å². The number of ether oxygens (including phenoxy) is 4. The van der Waals surface area contributed by atoms with Crippen LogP contribution in [0.15, 0.2) is 78.9 Å². The van der Waals surface area contributed by atoms with Gasteiger partial charge in [-0.15, -0.1) is 0 Å². The summed E-state index contributed by atoms with van der Waals surface area (Å²) in [6.07, 6.45) is 6.88. The fourth-order valence-electron chi connectivity index (χ4n) is 5.88. The minimum atomic E-state index is -0.632. The Labute approximate surface area is 221 Å². The van der Waals surface area contributed by atoms with Gasteiger partial charge in [-0.3, -0.25) is 0 Å². The summed E-state index contributed by atoms with van der Waals surface area (Å²) in [7, 11) is 1.48. The number of aliphatic hydroxyl groups excluding tert-OH is 1. The van der Waals surface area contributed by atoms with Crippen LogP contribution in [0.5, 0.6) is 34.5 Å². The van der Waals surface area contributed by atoms with Gasteiger partial charge in [0.1, 0.15) is 17.6 Å². The topological polar surface area (TPSA) is 97.6 Å². The molecule has 6 rings (SSSR count). The van der Waals surface area contributed by atoms with E-state index in [-0.39, 0.29) is 42.0 Å². The Hall–Kier alpha value is -4.10. The predicted molar refractivity (Wildman–Crippen MR) is 141 cm³/mol. The predicted octanol–water partition coefficient (Wildman–Crippen LogP) is 5.58. The first-order chi connectivity index (χ1) is 18.5. The Bertz CT molecular complexity index is 1400. The number of methoxy groups -OCH3 is 1. The normalized spacial score (nSPS) is 25.6. The number of allylic oxidation sites excluding steroid dienone is 4. The number of rotatable bonds is 5. The zero-order valence-corrected chi connectivity index (χ0v) is 21.2. The fourth-order valence-corrected chi connectivity index (χ4v) is 5.88. The molecule has 2 heterocycles. The molecule has 2 aliphatic heterocycles. The lowest BCUT2D eigenvalue weighted by molar-refractivity contribution is -0.0127. The smallest absolute Gasteiger partial charge is 0.163 e. The average Bonchev–Trinajstić information content (AvgIpc) is 3.47. The van der Waals surface area contributed by atoms with Crippen molar-refractivity contribution in [2.24, 2.45) is 11.8 Å². The Morgan fingerprint density at radius 1 is 0.789 bits per heavy atom. The van der Waals surface area contributed by atoms with E-state index < -0.39 is 12.2 Å². The summed E-state index contributed by atoms with van der Waals surface area (Å²) in [5.41, 5.74) is 2.47. The number of aromatic hydroxyl groups is 2. The van der Waals surface area contributed by atoms with Gasteiger partial charge in [0.2, 0.25) is 0 Å². The molecule has 5 unspecified atom stereocenters. The highest BCUT2D eigenvalue weighted by Crippen LogP contribution is 2.54. The van der Waals surface area contributed by atoms with Crippen molar-refractivity contribution >= 4 is 0 Å². The molecule has 3 aliphatic rings. The summed E-state index contributed by atoms with van der Waals surface area (Å²) >= 11 is 0. The van der Waals surface area contributed by atoms with E-state index in [1.165, 1.54) is 13.2 Å². The third-order valence-electron chi connectivity index (χ3n) is 7.75. The molecule has 0 amide bonds. The molecule has 3 aromatic carbocycles. The van der Waals surface area contributed by atoms with Crippen LogP contribution in [0, 0.1) is 11.8 Å². The molecule has 0 saturated carbocycles. The molecule has 38 heavy (non-hydrogen) atoms. The van der Waals surface area contributed by atoms with Gasteiger partial charge >= 0.3 is 0 Å². The van der Waals surface area contributed by atoms with Crippen LogP contribution in [0.3, 0.4) is 0 Å². The second kappa shape index (κ2) is 9.65. The molecule has 0 fully saturated rings. The van der Waals surface area contributed by atoms with Gasteiger partial charge in [0, 0.05) is 28.9 Å². The summed E-state index contributed by atoms with van der Waals surface area (Å²) in [5, 5.41) is 30.8. The second-order valence-corrected chi connectivity index (χ2v) is 9.97. The maximum atomic E-state index is 10.8. The van der Waals surface area contributed by atoms with E-state index in [2.05, 4.69) is 19.1 Å². The largest absolute Gasteiger partial charge is 0.508 e. The Balaban J connectivity index is 1.36. The number of fused-ring (bicyclic) bond motifs is 2. The number of phenols is 2. The van der Waals surface area contributed by atoms with E-state index in [0.29, 0.717) is 28.6 Å². The fraction of sp³-hybridized carbons (Fsp3) is 0.290. The zero-order valence-electron chi connectivity index (χ0n) is 21.2. The Kier molecular flexibility index (Phi) is 6.16. The maximum Gasteiger partial charge on any atom is 0.163 e. The van der Waals surface area contributed by atoms with Crippen LogP contribution in [0.2, 0.25) is 0 Å². The highest BCUT2D eigenvalue weighted by Gasteiger charge is 2.42. The van der Waals surface area contributed by atoms with Crippen molar-refractivity contribution < 1.29 is 34.3 Å². The first-order valence-corrected chi connectivity index (χ1v) is 12.8. The molecule has 0 radical (unpaired) electrons. The third kappa shape index (κ3) is 4.03. The lowest BCUT2D eigenvalue weighted by Gasteiger charge is -2.41. The quantitative estimate of drug-likeness (QED) is 0.409. The van der Waals surface area contributed by atoms with Crippen molar-refractivity contribution in [3.05, 3.63) is 95.6 Å². The summed E-state index contributed by atoms with van der Waals surface area (Å²) in [4.78, 5) is 0. The van der Waals surface area contributed by atoms with Crippen LogP contribution in [0.25, 0.3) is 0 Å². The van der Waals surface area contributed by atoms with Crippen molar-refractivity contribution in [3.8, 4) is 34.5 Å². The minimum absolute atomic E-state index is 0.0208. The SMILES string of the molecule is COc1cc(C2Oc3cc(C4Oc5cccc(O)c5C(C5C=CC=C5)C4C)ccc3OC2CO)ccc1O. The van der Waals surface area contributed by atoms with E-state index in [1.807, 2.05) is 36.4 Å². The van der Waals surface area contributed by atoms with Crippen molar-refractivity contribution in [1.29, 1.82) is 0 Å². The number of aliphatic hydroxyl groups is 1. The van der Waals surface area contributed by atoms with E-state index >= 15 is 0 Å². The monoisotopic (exact) mass is 514 g/mol. The van der Waals surface area contributed by atoms with Gasteiger partial charge in [0.25, 0.3) is 0 Å². The minimum Gasteiger partial charge on any atom is -0.508 e. The first kappa shape index (κ1) is 24.2. The standard InChI is InChI=1S/C31H30O7/c1-17-28(18-6-3-4-7-18)29-22(34)8-5-9-24(29)37-30(17)19-11-13-23-26(15-19)38-31(27(16-32)36-23)20-10-12-21(33)25(14-20)35-2/h3-15,17-18,27-28,30-34H,16H2,1-2H3. The van der Waals surface area contributed by atoms with Crippen LogP contribution in [-0.2, 0) is 0 Å². The summed E-state index contributed by atoms with van der Waals surface area (Å²) < 4.78 is 24.3. The molecule has 0 bridgehead atoms. The van der Waals surface area contributed by atoms with Gasteiger partial charge in [0.15, 0.2) is 35.2 Å². The molecule has 5 atom stereocenters. The average molecular weight is 515 g/mol. The van der Waals surface area contributed by atoms with Crippen molar-refractivity contribution in [2.75, 3.05) is 13.7 Å². The third-order valence-corrected chi connectivity index (χ3v) is 7.75. The summed E-state index contributed by atoms with van der Waals surface area (Å²) in [6.45, 7) is 1.90. The van der Waals surface area contributed by atoms with Crippen LogP contribution in [-0.4, -0.2) is 35.1 Å². The molecule has 3 aromatic rings. The molecule has 3 N–H and O–H groups in total. The first-order valence-electron chi connectivity index (χ1n) is 12.8. The van der Waals surface area contributed by atoms with Crippen molar-refractivity contribution in [3.63, 3.8) is 0 Å². The lowest BCUT2D eigenvalue weighted by Crippen LogP contribution is -2.36. The van der Waals surface area contributed by atoms with Crippen LogP contribution < -0.4 is 18.9 Å². The molecule has 0 saturated heterocycles. The van der Waals surface area contributed by atoms with Crippen molar-refractivity contribution in [1.82, 2.24) is 0 Å². The van der Waals surface area contributed by atoms with E-state index in [0.717, 1.165) is 11.1 Å². The van der Waals surface area contributed by atoms with Gasteiger partial charge in [-0.05, 0) is 42.0 Å². The molecule has 7 nitrogen and oxygen atoms in total. The Morgan fingerprint density at radius 3 is 2.29 bits per heavy atom. The summed E-state index contributed by atoms with van der Waals surface area (Å²) in [6, 6.07) is 16.1. The van der Waals surface area contributed by atoms with Gasteiger partial charge < -0.3 is 34.3 Å². The molecule has 0 aromatic heterocycles. The van der Waals surface area contributed by atoms with Crippen LogP contribution >= 0.6 is 0 Å². The highest BCUT2D eigenvalue weighted by molar-refractivity contribution is 5.52. The molecular formula is C31H30O7. The van der Waals surface area contributed by atoms with Crippen molar-refractivity contribution in [2.45, 2.75) is 31.2 Å². The number of benzene rings is 3. The number of hydrogen-bond donors (Lipinski definition) is 3. The number of phenolic OH excluding ortho intramolecular Hbond substituents is 2. The van der Waals surface area contributed by atoms with Crippen LogP contribution in [0.4, 0.5) is 0 Å². The van der Waals surface area contributed by atoms with Crippen LogP contribution in [0.1, 0.15) is 41.7 Å². The van der Waals surface area contributed by atoms with E-state index in [9.17, 15) is 15.3 Å². The van der Waals surface area contributed by atoms with Gasteiger partial charge in [-0.2, -0.15) is 0 Å². The highest BCUT2D eigenvalue weighted by atomic mass is 16.6. The molecule has 0 spiro atoms. The van der Waals surface area contributed by atoms with Gasteiger partial charge in [0.05, 0.1) is 13.7 Å². The zero-order chi connectivity index (χ0) is 26.4.